The summed E-state index contributed by atoms with van der Waals surface area (Å²) < 4.78 is 0. The molecule has 2 aromatic rings. The Labute approximate surface area is 168 Å². The van der Waals surface area contributed by atoms with Crippen LogP contribution >= 0.6 is 22.7 Å². The first kappa shape index (κ1) is 20.0. The number of rotatable bonds is 7. The van der Waals surface area contributed by atoms with Crippen LogP contribution in [0.15, 0.2) is 22.2 Å². The molecule has 1 aliphatic heterocycles. The van der Waals surface area contributed by atoms with Crippen molar-refractivity contribution in [2.75, 3.05) is 45.8 Å². The van der Waals surface area contributed by atoms with Gasteiger partial charge in [0.25, 0.3) is 0 Å². The molecule has 2 amide bonds. The minimum atomic E-state index is 0.117. The summed E-state index contributed by atoms with van der Waals surface area (Å²) in [5.74, 6) is 0.287. The number of hydrogen-bond donors (Lipinski definition) is 0. The highest BCUT2D eigenvalue weighted by molar-refractivity contribution is 7.14. The molecule has 2 aromatic heterocycles. The third-order valence-corrected chi connectivity index (χ3v) is 6.48. The SMILES string of the molecule is CCN(CC)C(=O)CN1CCN(C(=O)Cc2csc(-c3ccsc3)n2)CC1. The average Bonchev–Trinajstić information content (AvgIpc) is 3.35. The van der Waals surface area contributed by atoms with Crippen molar-refractivity contribution >= 4 is 34.5 Å². The molecular formula is C19H26N4O2S2. The molecule has 0 aromatic carbocycles. The Morgan fingerprint density at radius 3 is 2.52 bits per heavy atom. The van der Waals surface area contributed by atoms with E-state index in [1.165, 1.54) is 0 Å². The van der Waals surface area contributed by atoms with Gasteiger partial charge in [-0.1, -0.05) is 0 Å². The lowest BCUT2D eigenvalue weighted by Gasteiger charge is -2.35. The summed E-state index contributed by atoms with van der Waals surface area (Å²) in [7, 11) is 0. The Morgan fingerprint density at radius 2 is 1.89 bits per heavy atom. The van der Waals surface area contributed by atoms with Gasteiger partial charge in [0.05, 0.1) is 18.7 Å². The summed E-state index contributed by atoms with van der Waals surface area (Å²) in [6, 6.07) is 2.05. The Bertz CT molecular complexity index is 748. The van der Waals surface area contributed by atoms with Crippen molar-refractivity contribution in [2.45, 2.75) is 20.3 Å². The fraction of sp³-hybridized carbons (Fsp3) is 0.526. The molecule has 0 saturated carbocycles. The molecule has 146 valence electrons. The van der Waals surface area contributed by atoms with E-state index < -0.39 is 0 Å². The van der Waals surface area contributed by atoms with E-state index in [2.05, 4.69) is 15.3 Å². The van der Waals surface area contributed by atoms with Crippen LogP contribution in [-0.4, -0.2) is 77.3 Å². The molecule has 3 rings (SSSR count). The number of carbonyl (C=O) groups excluding carboxylic acids is 2. The first-order valence-electron chi connectivity index (χ1n) is 9.35. The van der Waals surface area contributed by atoms with Gasteiger partial charge in [-0.25, -0.2) is 4.98 Å². The molecule has 27 heavy (non-hydrogen) atoms. The van der Waals surface area contributed by atoms with E-state index in [1.807, 2.05) is 40.5 Å². The maximum absolute atomic E-state index is 12.6. The van der Waals surface area contributed by atoms with Gasteiger partial charge in [0.2, 0.25) is 11.8 Å². The molecule has 8 heteroatoms. The molecule has 0 spiro atoms. The van der Waals surface area contributed by atoms with Gasteiger partial charge in [0.1, 0.15) is 5.01 Å². The van der Waals surface area contributed by atoms with Gasteiger partial charge in [0.15, 0.2) is 0 Å². The average molecular weight is 407 g/mol. The normalized spacial score (nSPS) is 15.1. The molecule has 0 atom stereocenters. The minimum absolute atomic E-state index is 0.117. The topological polar surface area (TPSA) is 56.8 Å². The molecule has 1 aliphatic rings. The Kier molecular flexibility index (Phi) is 6.98. The van der Waals surface area contributed by atoms with Crippen LogP contribution in [0.5, 0.6) is 0 Å². The number of thiophene rings is 1. The largest absolute Gasteiger partial charge is 0.342 e. The summed E-state index contributed by atoms with van der Waals surface area (Å²) in [5.41, 5.74) is 1.96. The molecular weight excluding hydrogens is 380 g/mol. The summed E-state index contributed by atoms with van der Waals surface area (Å²) in [4.78, 5) is 35.3. The zero-order valence-electron chi connectivity index (χ0n) is 15.9. The highest BCUT2D eigenvalue weighted by Gasteiger charge is 2.24. The Morgan fingerprint density at radius 1 is 1.15 bits per heavy atom. The summed E-state index contributed by atoms with van der Waals surface area (Å²) in [6.07, 6.45) is 0.346. The van der Waals surface area contributed by atoms with Crippen LogP contribution in [0.4, 0.5) is 0 Å². The van der Waals surface area contributed by atoms with Crippen molar-refractivity contribution in [3.8, 4) is 10.6 Å². The van der Waals surface area contributed by atoms with Crippen LogP contribution in [0.1, 0.15) is 19.5 Å². The number of carbonyl (C=O) groups is 2. The van der Waals surface area contributed by atoms with E-state index in [9.17, 15) is 9.59 Å². The van der Waals surface area contributed by atoms with Crippen molar-refractivity contribution in [3.05, 3.63) is 27.9 Å². The summed E-state index contributed by atoms with van der Waals surface area (Å²) in [5, 5.41) is 7.05. The highest BCUT2D eigenvalue weighted by Crippen LogP contribution is 2.26. The second-order valence-corrected chi connectivity index (χ2v) is 8.19. The first-order valence-corrected chi connectivity index (χ1v) is 11.2. The number of piperazine rings is 1. The van der Waals surface area contributed by atoms with Crippen LogP contribution in [0, 0.1) is 0 Å². The van der Waals surface area contributed by atoms with Crippen molar-refractivity contribution in [1.29, 1.82) is 0 Å². The van der Waals surface area contributed by atoms with Crippen molar-refractivity contribution in [1.82, 2.24) is 19.7 Å². The molecule has 0 bridgehead atoms. The molecule has 6 nitrogen and oxygen atoms in total. The molecule has 0 N–H and O–H groups in total. The van der Waals surface area contributed by atoms with Crippen molar-refractivity contribution in [2.24, 2.45) is 0 Å². The van der Waals surface area contributed by atoms with Gasteiger partial charge in [-0.05, 0) is 25.3 Å². The zero-order chi connectivity index (χ0) is 19.2. The molecule has 1 fully saturated rings. The molecule has 1 saturated heterocycles. The Balaban J connectivity index is 1.47. The van der Waals surface area contributed by atoms with Gasteiger partial charge >= 0.3 is 0 Å². The van der Waals surface area contributed by atoms with Gasteiger partial charge in [-0.3, -0.25) is 14.5 Å². The van der Waals surface area contributed by atoms with E-state index >= 15 is 0 Å². The number of likely N-dealkylation sites (N-methyl/N-ethyl adjacent to an activating group) is 1. The lowest BCUT2D eigenvalue weighted by molar-refractivity contribution is -0.134. The lowest BCUT2D eigenvalue weighted by Crippen LogP contribution is -2.51. The monoisotopic (exact) mass is 406 g/mol. The predicted molar refractivity (Wildman–Crippen MR) is 110 cm³/mol. The van der Waals surface area contributed by atoms with Gasteiger partial charge in [-0.2, -0.15) is 11.3 Å². The molecule has 0 unspecified atom stereocenters. The quantitative estimate of drug-likeness (QED) is 0.709. The number of amides is 2. The molecule has 0 radical (unpaired) electrons. The number of aromatic nitrogens is 1. The Hall–Kier alpha value is -1.77. The van der Waals surface area contributed by atoms with Crippen LogP contribution in [0.25, 0.3) is 10.6 Å². The van der Waals surface area contributed by atoms with Gasteiger partial charge in [0, 0.05) is 55.6 Å². The smallest absolute Gasteiger partial charge is 0.236 e. The number of hydrogen-bond acceptors (Lipinski definition) is 6. The number of thiazole rings is 1. The van der Waals surface area contributed by atoms with E-state index in [-0.39, 0.29) is 11.8 Å². The summed E-state index contributed by atoms with van der Waals surface area (Å²) >= 11 is 3.23. The second-order valence-electron chi connectivity index (χ2n) is 6.56. The van der Waals surface area contributed by atoms with Crippen LogP contribution in [-0.2, 0) is 16.0 Å². The maximum Gasteiger partial charge on any atom is 0.236 e. The zero-order valence-corrected chi connectivity index (χ0v) is 17.5. The summed E-state index contributed by atoms with van der Waals surface area (Å²) in [6.45, 7) is 8.77. The standard InChI is InChI=1S/C19H26N4O2S2/c1-3-22(4-2)18(25)12-21-6-8-23(9-7-21)17(24)11-16-14-27-19(20-16)15-5-10-26-13-15/h5,10,13-14H,3-4,6-9,11-12H2,1-2H3. The number of nitrogens with zero attached hydrogens (tertiary/aromatic N) is 4. The van der Waals surface area contributed by atoms with Crippen molar-refractivity contribution in [3.63, 3.8) is 0 Å². The molecule has 0 aliphatic carbocycles. The van der Waals surface area contributed by atoms with Gasteiger partial charge < -0.3 is 9.80 Å². The first-order chi connectivity index (χ1) is 13.1. The second kappa shape index (κ2) is 9.43. The van der Waals surface area contributed by atoms with E-state index in [1.54, 1.807) is 22.7 Å². The lowest BCUT2D eigenvalue weighted by atomic mass is 10.2. The third kappa shape index (κ3) is 5.15. The van der Waals surface area contributed by atoms with Crippen LogP contribution in [0.3, 0.4) is 0 Å². The fourth-order valence-corrected chi connectivity index (χ4v) is 4.73. The fourth-order valence-electron chi connectivity index (χ4n) is 3.20. The molecule has 3 heterocycles. The maximum atomic E-state index is 12.6. The predicted octanol–water partition coefficient (Wildman–Crippen LogP) is 2.43. The van der Waals surface area contributed by atoms with E-state index in [4.69, 9.17) is 0 Å². The third-order valence-electron chi connectivity index (χ3n) is 4.85. The minimum Gasteiger partial charge on any atom is -0.342 e. The van der Waals surface area contributed by atoms with Crippen molar-refractivity contribution < 1.29 is 9.59 Å². The van der Waals surface area contributed by atoms with E-state index in [0.29, 0.717) is 26.1 Å². The van der Waals surface area contributed by atoms with Crippen LogP contribution in [0.2, 0.25) is 0 Å². The van der Waals surface area contributed by atoms with Gasteiger partial charge in [-0.15, -0.1) is 11.3 Å². The van der Waals surface area contributed by atoms with Crippen LogP contribution < -0.4 is 0 Å². The highest BCUT2D eigenvalue weighted by atomic mass is 32.1. The van der Waals surface area contributed by atoms with E-state index in [0.717, 1.165) is 42.4 Å².